The Balaban J connectivity index is 1.47. The van der Waals surface area contributed by atoms with Gasteiger partial charge in [0.2, 0.25) is 5.95 Å². The molecule has 0 radical (unpaired) electrons. The quantitative estimate of drug-likeness (QED) is 0.788. The Labute approximate surface area is 119 Å². The first-order valence-corrected chi connectivity index (χ1v) is 7.31. The maximum absolute atomic E-state index is 4.48. The van der Waals surface area contributed by atoms with E-state index in [1.54, 1.807) is 0 Å². The van der Waals surface area contributed by atoms with Gasteiger partial charge in [0.1, 0.15) is 0 Å². The molecule has 0 atom stereocenters. The summed E-state index contributed by atoms with van der Waals surface area (Å²) in [5.74, 6) is 0.718. The van der Waals surface area contributed by atoms with Gasteiger partial charge in [0, 0.05) is 38.9 Å². The van der Waals surface area contributed by atoms with Gasteiger partial charge in [-0.1, -0.05) is 0 Å². The second kappa shape index (κ2) is 6.19. The number of pyridine rings is 1. The lowest BCUT2D eigenvalue weighted by Crippen LogP contribution is -2.44. The van der Waals surface area contributed by atoms with E-state index in [1.807, 2.05) is 22.8 Å². The van der Waals surface area contributed by atoms with Crippen LogP contribution in [0.1, 0.15) is 12.0 Å². The maximum atomic E-state index is 4.48. The van der Waals surface area contributed by atoms with E-state index in [2.05, 4.69) is 32.5 Å². The fourth-order valence-electron chi connectivity index (χ4n) is 2.50. The summed E-state index contributed by atoms with van der Waals surface area (Å²) < 4.78 is 1.81. The second-order valence-electron chi connectivity index (χ2n) is 5.31. The average molecular weight is 274 g/mol. The van der Waals surface area contributed by atoms with Crippen LogP contribution in [0.25, 0.3) is 5.65 Å². The third-order valence-electron chi connectivity index (χ3n) is 3.64. The molecule has 6 heteroatoms. The first kappa shape index (κ1) is 13.3. The molecule has 3 rings (SSSR count). The van der Waals surface area contributed by atoms with Crippen molar-refractivity contribution in [2.24, 2.45) is 0 Å². The van der Waals surface area contributed by atoms with Crippen LogP contribution in [0.2, 0.25) is 0 Å². The first-order chi connectivity index (χ1) is 9.81. The largest absolute Gasteiger partial charge is 0.353 e. The third kappa shape index (κ3) is 3.26. The molecular formula is C14H22N6. The van der Waals surface area contributed by atoms with Gasteiger partial charge in [0.25, 0.3) is 0 Å². The number of fused-ring (bicyclic) bond motifs is 1. The number of hydrogen-bond acceptors (Lipinski definition) is 5. The molecular weight excluding hydrogens is 252 g/mol. The molecule has 0 spiro atoms. The normalized spacial score (nSPS) is 16.6. The smallest absolute Gasteiger partial charge is 0.243 e. The van der Waals surface area contributed by atoms with E-state index in [9.17, 15) is 0 Å². The minimum atomic E-state index is 0.718. The van der Waals surface area contributed by atoms with Crippen molar-refractivity contribution in [3.63, 3.8) is 0 Å². The third-order valence-corrected chi connectivity index (χ3v) is 3.64. The fraction of sp³-hybridized carbons (Fsp3) is 0.571. The van der Waals surface area contributed by atoms with Gasteiger partial charge in [-0.25, -0.2) is 4.52 Å². The molecule has 0 unspecified atom stereocenters. The monoisotopic (exact) mass is 274 g/mol. The van der Waals surface area contributed by atoms with Crippen LogP contribution in [0, 0.1) is 6.92 Å². The summed E-state index contributed by atoms with van der Waals surface area (Å²) >= 11 is 0. The van der Waals surface area contributed by atoms with Crippen molar-refractivity contribution in [2.45, 2.75) is 13.3 Å². The van der Waals surface area contributed by atoms with Crippen molar-refractivity contribution >= 4 is 11.6 Å². The summed E-state index contributed by atoms with van der Waals surface area (Å²) in [6, 6.07) is 4.08. The summed E-state index contributed by atoms with van der Waals surface area (Å²) in [6.45, 7) is 8.66. The Morgan fingerprint density at radius 3 is 3.05 bits per heavy atom. The SMILES string of the molecule is Cc1ccn2nc(NCCCN3CCNCC3)nc2c1. The van der Waals surface area contributed by atoms with E-state index in [1.165, 1.54) is 5.56 Å². The molecule has 3 heterocycles. The average Bonchev–Trinajstić information content (AvgIpc) is 2.86. The van der Waals surface area contributed by atoms with Crippen LogP contribution in [0.4, 0.5) is 5.95 Å². The number of aromatic nitrogens is 3. The summed E-state index contributed by atoms with van der Waals surface area (Å²) in [6.07, 6.45) is 3.07. The summed E-state index contributed by atoms with van der Waals surface area (Å²) in [7, 11) is 0. The molecule has 0 aliphatic carbocycles. The van der Waals surface area contributed by atoms with Crippen molar-refractivity contribution in [2.75, 3.05) is 44.6 Å². The number of nitrogens with one attached hydrogen (secondary N) is 2. The van der Waals surface area contributed by atoms with Crippen molar-refractivity contribution in [3.05, 3.63) is 23.9 Å². The van der Waals surface area contributed by atoms with Crippen molar-refractivity contribution < 1.29 is 0 Å². The molecule has 1 fully saturated rings. The van der Waals surface area contributed by atoms with Crippen LogP contribution in [-0.2, 0) is 0 Å². The zero-order chi connectivity index (χ0) is 13.8. The molecule has 0 aromatic carbocycles. The second-order valence-corrected chi connectivity index (χ2v) is 5.31. The van der Waals surface area contributed by atoms with Gasteiger partial charge < -0.3 is 15.5 Å². The Bertz CT molecular complexity index is 558. The molecule has 1 aliphatic heterocycles. The Morgan fingerprint density at radius 2 is 2.20 bits per heavy atom. The molecule has 108 valence electrons. The van der Waals surface area contributed by atoms with Crippen LogP contribution in [-0.4, -0.2) is 58.8 Å². The number of nitrogens with zero attached hydrogens (tertiary/aromatic N) is 4. The highest BCUT2D eigenvalue weighted by molar-refractivity contribution is 5.45. The number of aryl methyl sites for hydroxylation is 1. The minimum Gasteiger partial charge on any atom is -0.353 e. The zero-order valence-electron chi connectivity index (χ0n) is 12.0. The molecule has 2 aromatic heterocycles. The highest BCUT2D eigenvalue weighted by Gasteiger charge is 2.08. The standard InChI is InChI=1S/C14H22N6/c1-12-3-8-20-13(11-12)17-14(18-20)16-4-2-7-19-9-5-15-6-10-19/h3,8,11,15H,2,4-7,9-10H2,1H3,(H,16,18). The number of rotatable bonds is 5. The molecule has 0 saturated carbocycles. The highest BCUT2D eigenvalue weighted by atomic mass is 15.3. The van der Waals surface area contributed by atoms with Gasteiger partial charge in [0.05, 0.1) is 0 Å². The molecule has 0 amide bonds. The first-order valence-electron chi connectivity index (χ1n) is 7.31. The molecule has 2 N–H and O–H groups in total. The molecule has 6 nitrogen and oxygen atoms in total. The number of anilines is 1. The van der Waals surface area contributed by atoms with E-state index in [-0.39, 0.29) is 0 Å². The van der Waals surface area contributed by atoms with Gasteiger partial charge in [-0.3, -0.25) is 0 Å². The van der Waals surface area contributed by atoms with Gasteiger partial charge in [0.15, 0.2) is 5.65 Å². The van der Waals surface area contributed by atoms with Gasteiger partial charge in [-0.15, -0.1) is 5.10 Å². The highest BCUT2D eigenvalue weighted by Crippen LogP contribution is 2.07. The van der Waals surface area contributed by atoms with Crippen molar-refractivity contribution in [3.8, 4) is 0 Å². The molecule has 1 saturated heterocycles. The maximum Gasteiger partial charge on any atom is 0.243 e. The van der Waals surface area contributed by atoms with Gasteiger partial charge in [-0.2, -0.15) is 4.98 Å². The van der Waals surface area contributed by atoms with Crippen LogP contribution in [0.15, 0.2) is 18.3 Å². The van der Waals surface area contributed by atoms with E-state index >= 15 is 0 Å². The van der Waals surface area contributed by atoms with Crippen molar-refractivity contribution in [1.29, 1.82) is 0 Å². The lowest BCUT2D eigenvalue weighted by atomic mass is 10.3. The topological polar surface area (TPSA) is 57.5 Å². The van der Waals surface area contributed by atoms with Gasteiger partial charge in [-0.05, 0) is 37.6 Å². The Kier molecular flexibility index (Phi) is 4.13. The van der Waals surface area contributed by atoms with Crippen LogP contribution in [0.5, 0.6) is 0 Å². The predicted octanol–water partition coefficient (Wildman–Crippen LogP) is 0.745. The van der Waals surface area contributed by atoms with E-state index < -0.39 is 0 Å². The summed E-state index contributed by atoms with van der Waals surface area (Å²) in [5.41, 5.74) is 2.10. The van der Waals surface area contributed by atoms with Gasteiger partial charge >= 0.3 is 0 Å². The lowest BCUT2D eigenvalue weighted by Gasteiger charge is -2.26. The Hall–Kier alpha value is -1.66. The molecule has 20 heavy (non-hydrogen) atoms. The zero-order valence-corrected chi connectivity index (χ0v) is 12.0. The molecule has 0 bridgehead atoms. The van der Waals surface area contributed by atoms with E-state index in [4.69, 9.17) is 0 Å². The summed E-state index contributed by atoms with van der Waals surface area (Å²) in [4.78, 5) is 6.97. The van der Waals surface area contributed by atoms with E-state index in [0.29, 0.717) is 0 Å². The Morgan fingerprint density at radius 1 is 1.35 bits per heavy atom. The van der Waals surface area contributed by atoms with Crippen LogP contribution < -0.4 is 10.6 Å². The number of piperazine rings is 1. The van der Waals surface area contributed by atoms with Crippen LogP contribution >= 0.6 is 0 Å². The fourth-order valence-corrected chi connectivity index (χ4v) is 2.50. The van der Waals surface area contributed by atoms with Crippen molar-refractivity contribution in [1.82, 2.24) is 24.8 Å². The minimum absolute atomic E-state index is 0.718. The van der Waals surface area contributed by atoms with E-state index in [0.717, 1.165) is 57.3 Å². The van der Waals surface area contributed by atoms with Crippen LogP contribution in [0.3, 0.4) is 0 Å². The lowest BCUT2D eigenvalue weighted by molar-refractivity contribution is 0.240. The number of hydrogen-bond donors (Lipinski definition) is 2. The predicted molar refractivity (Wildman–Crippen MR) is 80.1 cm³/mol. The molecule has 2 aromatic rings. The molecule has 1 aliphatic rings. The summed E-state index contributed by atoms with van der Waals surface area (Å²) in [5, 5.41) is 11.1.